The Hall–Kier alpha value is -1.12. The quantitative estimate of drug-likeness (QED) is 0.292. The van der Waals surface area contributed by atoms with Crippen molar-refractivity contribution in [3.63, 3.8) is 0 Å². The van der Waals surface area contributed by atoms with Crippen LogP contribution in [0.3, 0.4) is 0 Å². The summed E-state index contributed by atoms with van der Waals surface area (Å²) in [7, 11) is 0. The van der Waals surface area contributed by atoms with Crippen molar-refractivity contribution in [3.05, 3.63) is 12.2 Å². The normalized spacial score (nSPS) is 51.2. The molecule has 0 amide bonds. The Balaban J connectivity index is 1.52. The van der Waals surface area contributed by atoms with Crippen LogP contribution in [-0.4, -0.2) is 17.9 Å². The Kier molecular flexibility index (Phi) is 6.02. The fourth-order valence-electron chi connectivity index (χ4n) is 12.1. The van der Waals surface area contributed by atoms with Gasteiger partial charge in [-0.1, -0.05) is 46.8 Å². The van der Waals surface area contributed by atoms with E-state index in [0.717, 1.165) is 32.1 Å². The van der Waals surface area contributed by atoms with E-state index in [2.05, 4.69) is 48.1 Å². The third-order valence-corrected chi connectivity index (χ3v) is 14.0. The summed E-state index contributed by atoms with van der Waals surface area (Å²) in [5.41, 5.74) is 2.03. The molecule has 5 fully saturated rings. The molecule has 3 nitrogen and oxygen atoms in total. The van der Waals surface area contributed by atoms with Crippen molar-refractivity contribution >= 4 is 11.8 Å². The van der Waals surface area contributed by atoms with Gasteiger partial charge in [0.2, 0.25) is 0 Å². The van der Waals surface area contributed by atoms with Crippen molar-refractivity contribution in [3.8, 4) is 0 Å². The number of fused-ring (bicyclic) bond motifs is 7. The van der Waals surface area contributed by atoms with Gasteiger partial charge in [-0.2, -0.15) is 0 Å². The highest BCUT2D eigenvalue weighted by Gasteiger charge is 2.71. The maximum Gasteiger partial charge on any atom is 0.302 e. The minimum absolute atomic E-state index is 0.00457. The molecule has 5 aliphatic carbocycles. The van der Waals surface area contributed by atoms with Crippen LogP contribution in [0.15, 0.2) is 12.2 Å². The lowest BCUT2D eigenvalue weighted by molar-refractivity contribution is -0.248. The van der Waals surface area contributed by atoms with Crippen LogP contribution in [0.5, 0.6) is 0 Å². The highest BCUT2D eigenvalue weighted by Crippen LogP contribution is 2.77. The third kappa shape index (κ3) is 3.22. The zero-order valence-electron chi connectivity index (χ0n) is 24.5. The summed E-state index contributed by atoms with van der Waals surface area (Å²) in [6.45, 7) is 22.7. The van der Waals surface area contributed by atoms with E-state index in [-0.39, 0.29) is 39.1 Å². The van der Waals surface area contributed by atoms with Crippen LogP contribution in [0.25, 0.3) is 0 Å². The maximum absolute atomic E-state index is 13.3. The highest BCUT2D eigenvalue weighted by molar-refractivity contribution is 5.83. The van der Waals surface area contributed by atoms with E-state index < -0.39 is 0 Å². The second-order valence-corrected chi connectivity index (χ2v) is 15.4. The van der Waals surface area contributed by atoms with Gasteiger partial charge in [0.05, 0.1) is 0 Å². The summed E-state index contributed by atoms with van der Waals surface area (Å²) < 4.78 is 5.90. The van der Waals surface area contributed by atoms with Crippen LogP contribution in [-0.2, 0) is 14.3 Å². The molecule has 0 saturated heterocycles. The topological polar surface area (TPSA) is 43.4 Å². The van der Waals surface area contributed by atoms with Crippen molar-refractivity contribution in [1.82, 2.24) is 0 Å². The minimum atomic E-state index is -0.134. The van der Waals surface area contributed by atoms with Gasteiger partial charge in [-0.15, -0.1) is 0 Å². The first-order valence-corrected chi connectivity index (χ1v) is 15.0. The van der Waals surface area contributed by atoms with Crippen LogP contribution < -0.4 is 0 Å². The molecule has 10 atom stereocenters. The molecule has 202 valence electrons. The van der Waals surface area contributed by atoms with Crippen LogP contribution in [0, 0.1) is 56.7 Å². The summed E-state index contributed by atoms with van der Waals surface area (Å²) in [5.74, 6) is 3.19. The number of allylic oxidation sites excluding steroid dienone is 1. The molecule has 0 aromatic rings. The molecule has 0 aromatic heterocycles. The lowest BCUT2D eigenvalue weighted by Gasteiger charge is -2.73. The Morgan fingerprint density at radius 3 is 2.06 bits per heavy atom. The van der Waals surface area contributed by atoms with Crippen LogP contribution in [0.4, 0.5) is 0 Å². The predicted molar refractivity (Wildman–Crippen MR) is 145 cm³/mol. The van der Waals surface area contributed by atoms with Gasteiger partial charge in [-0.25, -0.2) is 0 Å². The standard InChI is InChI=1S/C33H52O3/c1-20(2)23-12-17-33(21(3)34)19-18-31(8)24(28(23)33)10-11-26-30(7)15-14-27(36-22(4)35)29(5,6)25(30)13-16-32(26,31)9/h23-28H,1,10-19H2,2-9H3/t23-,24?,25?,26?,27-,28?,30-,31+,32+,33+/m0/s1. The smallest absolute Gasteiger partial charge is 0.302 e. The fourth-order valence-corrected chi connectivity index (χ4v) is 12.1. The molecular weight excluding hydrogens is 444 g/mol. The zero-order valence-corrected chi connectivity index (χ0v) is 24.5. The van der Waals surface area contributed by atoms with E-state index in [1.165, 1.54) is 37.7 Å². The number of carbonyl (C=O) groups excluding carboxylic acids is 2. The third-order valence-electron chi connectivity index (χ3n) is 14.0. The number of esters is 1. The molecule has 4 unspecified atom stereocenters. The lowest BCUT2D eigenvalue weighted by Crippen LogP contribution is -2.67. The molecule has 5 saturated carbocycles. The Morgan fingerprint density at radius 2 is 1.44 bits per heavy atom. The van der Waals surface area contributed by atoms with Crippen molar-refractivity contribution in [1.29, 1.82) is 0 Å². The first-order valence-electron chi connectivity index (χ1n) is 15.0. The van der Waals surface area contributed by atoms with Gasteiger partial charge in [0, 0.05) is 17.8 Å². The lowest BCUT2D eigenvalue weighted by atomic mass is 9.32. The minimum Gasteiger partial charge on any atom is -0.462 e. The van der Waals surface area contributed by atoms with Crippen molar-refractivity contribution in [2.24, 2.45) is 56.7 Å². The number of carbonyl (C=O) groups is 2. The SMILES string of the molecule is C=C(C)[C@@H]1CC[C@]2(C(C)=O)CC[C@]3(C)C(CCC4[C@@]5(C)CC[C@H](OC(C)=O)C(C)(C)C5CC[C@]43C)C12. The Bertz CT molecular complexity index is 964. The highest BCUT2D eigenvalue weighted by atomic mass is 16.5. The molecule has 0 spiro atoms. The number of hydrogen-bond donors (Lipinski definition) is 0. The summed E-state index contributed by atoms with van der Waals surface area (Å²) >= 11 is 0. The van der Waals surface area contributed by atoms with Crippen LogP contribution >= 0.6 is 0 Å². The number of ether oxygens (including phenoxy) is 1. The number of ketones is 1. The monoisotopic (exact) mass is 496 g/mol. The molecule has 0 N–H and O–H groups in total. The molecule has 0 aromatic carbocycles. The largest absolute Gasteiger partial charge is 0.462 e. The second-order valence-electron chi connectivity index (χ2n) is 15.4. The number of rotatable bonds is 3. The molecule has 5 rings (SSSR count). The first kappa shape index (κ1) is 26.5. The Labute approximate surface area is 220 Å². The molecule has 36 heavy (non-hydrogen) atoms. The van der Waals surface area contributed by atoms with E-state index in [0.29, 0.717) is 35.4 Å². The zero-order chi connectivity index (χ0) is 26.5. The summed E-state index contributed by atoms with van der Waals surface area (Å²) in [5, 5.41) is 0. The van der Waals surface area contributed by atoms with Gasteiger partial charge >= 0.3 is 5.97 Å². The van der Waals surface area contributed by atoms with E-state index >= 15 is 0 Å². The van der Waals surface area contributed by atoms with Gasteiger partial charge in [-0.05, 0) is 124 Å². The maximum atomic E-state index is 13.3. The van der Waals surface area contributed by atoms with E-state index in [1.807, 2.05) is 6.92 Å². The van der Waals surface area contributed by atoms with Crippen LogP contribution in [0.2, 0.25) is 0 Å². The summed E-state index contributed by atoms with van der Waals surface area (Å²) in [4.78, 5) is 25.2. The van der Waals surface area contributed by atoms with Crippen LogP contribution in [0.1, 0.15) is 120 Å². The average Bonchev–Trinajstić information content (AvgIpc) is 3.17. The fraction of sp³-hybridized carbons (Fsp3) is 0.879. The Morgan fingerprint density at radius 1 is 0.750 bits per heavy atom. The molecule has 0 bridgehead atoms. The number of hydrogen-bond acceptors (Lipinski definition) is 3. The molecular formula is C33H52O3. The molecule has 0 heterocycles. The van der Waals surface area contributed by atoms with Crippen molar-refractivity contribution in [2.75, 3.05) is 0 Å². The summed E-state index contributed by atoms with van der Waals surface area (Å²) in [6.07, 6.45) is 11.7. The van der Waals surface area contributed by atoms with Gasteiger partial charge in [0.1, 0.15) is 11.9 Å². The van der Waals surface area contributed by atoms with E-state index in [9.17, 15) is 9.59 Å². The molecule has 3 heteroatoms. The van der Waals surface area contributed by atoms with Gasteiger partial charge in [0.25, 0.3) is 0 Å². The summed E-state index contributed by atoms with van der Waals surface area (Å²) in [6, 6.07) is 0. The molecule has 0 radical (unpaired) electrons. The molecule has 0 aliphatic heterocycles. The van der Waals surface area contributed by atoms with Gasteiger partial charge in [0.15, 0.2) is 0 Å². The van der Waals surface area contributed by atoms with Gasteiger partial charge in [-0.3, -0.25) is 9.59 Å². The van der Waals surface area contributed by atoms with Crippen molar-refractivity contribution in [2.45, 2.75) is 126 Å². The van der Waals surface area contributed by atoms with Gasteiger partial charge < -0.3 is 4.74 Å². The average molecular weight is 497 g/mol. The van der Waals surface area contributed by atoms with Crippen molar-refractivity contribution < 1.29 is 14.3 Å². The van der Waals surface area contributed by atoms with E-state index in [4.69, 9.17) is 4.74 Å². The first-order chi connectivity index (χ1) is 16.6. The number of Topliss-reactive ketones (excluding diaryl/α,β-unsaturated/α-hetero) is 1. The predicted octanol–water partition coefficient (Wildman–Crippen LogP) is 8.16. The van der Waals surface area contributed by atoms with E-state index in [1.54, 1.807) is 6.92 Å². The second kappa shape index (κ2) is 8.19. The molecule has 5 aliphatic rings.